The van der Waals surface area contributed by atoms with Crippen LogP contribution < -0.4 is 5.32 Å². The zero-order valence-electron chi connectivity index (χ0n) is 15.4. The van der Waals surface area contributed by atoms with Gasteiger partial charge in [-0.3, -0.25) is 4.79 Å². The highest BCUT2D eigenvalue weighted by molar-refractivity contribution is 7.15. The van der Waals surface area contributed by atoms with E-state index in [4.69, 9.17) is 28.2 Å². The summed E-state index contributed by atoms with van der Waals surface area (Å²) in [4.78, 5) is 18.4. The molecule has 0 fully saturated rings. The van der Waals surface area contributed by atoms with Crippen molar-refractivity contribution < 1.29 is 4.79 Å². The number of aromatic nitrogens is 1. The lowest BCUT2D eigenvalue weighted by atomic mass is 10.1. The molecule has 1 amide bonds. The molecule has 0 atom stereocenters. The van der Waals surface area contributed by atoms with E-state index in [1.165, 1.54) is 0 Å². The average molecular weight is 439 g/mol. The molecule has 4 rings (SSSR count). The van der Waals surface area contributed by atoms with Crippen LogP contribution >= 0.6 is 34.5 Å². The van der Waals surface area contributed by atoms with Gasteiger partial charge in [0.15, 0.2) is 0 Å². The highest BCUT2D eigenvalue weighted by Gasteiger charge is 2.13. The summed E-state index contributed by atoms with van der Waals surface area (Å²) in [5.74, 6) is -0.304. The van der Waals surface area contributed by atoms with Crippen LogP contribution in [0.5, 0.6) is 0 Å². The number of rotatable bonds is 4. The number of hydrogen-bond acceptors (Lipinski definition) is 3. The quantitative estimate of drug-likeness (QED) is 0.361. The van der Waals surface area contributed by atoms with Gasteiger partial charge in [-0.25, -0.2) is 4.98 Å². The lowest BCUT2D eigenvalue weighted by Crippen LogP contribution is -2.12. The molecule has 0 aliphatic heterocycles. The zero-order chi connectivity index (χ0) is 20.4. The summed E-state index contributed by atoms with van der Waals surface area (Å²) in [5, 5.41) is 4.66. The number of nitrogens with one attached hydrogen (secondary N) is 1. The molecule has 4 aromatic rings. The number of nitrogens with zero attached hydrogens (tertiary/aromatic N) is 1. The maximum atomic E-state index is 12.5. The molecule has 0 spiro atoms. The van der Waals surface area contributed by atoms with Crippen LogP contribution in [0.4, 0.5) is 5.69 Å². The Hall–Kier alpha value is -2.66. The van der Waals surface area contributed by atoms with Crippen molar-refractivity contribution in [3.8, 4) is 21.8 Å². The first-order chi connectivity index (χ1) is 14.0. The van der Waals surface area contributed by atoms with Crippen LogP contribution in [0, 0.1) is 6.92 Å². The molecule has 144 valence electrons. The molecule has 0 saturated heterocycles. The second kappa shape index (κ2) is 8.37. The fourth-order valence-electron chi connectivity index (χ4n) is 2.95. The van der Waals surface area contributed by atoms with Crippen LogP contribution in [0.2, 0.25) is 10.0 Å². The van der Waals surface area contributed by atoms with E-state index in [0.717, 1.165) is 26.7 Å². The summed E-state index contributed by atoms with van der Waals surface area (Å²) in [6.45, 7) is 2.07. The zero-order valence-corrected chi connectivity index (χ0v) is 17.8. The average Bonchev–Trinajstić information content (AvgIpc) is 3.12. The van der Waals surface area contributed by atoms with Crippen molar-refractivity contribution in [2.45, 2.75) is 6.92 Å². The smallest absolute Gasteiger partial charge is 0.257 e. The number of carbonyl (C=O) groups excluding carboxylic acids is 1. The second-order valence-corrected chi connectivity index (χ2v) is 8.49. The van der Waals surface area contributed by atoms with E-state index in [9.17, 15) is 4.79 Å². The predicted molar refractivity (Wildman–Crippen MR) is 122 cm³/mol. The Bertz CT molecular complexity index is 1170. The van der Waals surface area contributed by atoms with Gasteiger partial charge < -0.3 is 5.32 Å². The van der Waals surface area contributed by atoms with Crippen molar-refractivity contribution in [3.63, 3.8) is 0 Å². The molecule has 0 unspecified atom stereocenters. The molecule has 0 aliphatic carbocycles. The first kappa shape index (κ1) is 19.6. The summed E-state index contributed by atoms with van der Waals surface area (Å²) in [6.07, 6.45) is 0. The SMILES string of the molecule is Cc1sc(-c2ccccc2)nc1-c1ccc(NC(=O)c2cc(Cl)ccc2Cl)cc1. The first-order valence-corrected chi connectivity index (χ1v) is 10.5. The van der Waals surface area contributed by atoms with Gasteiger partial charge in [0.2, 0.25) is 0 Å². The van der Waals surface area contributed by atoms with Crippen LogP contribution in [0.3, 0.4) is 0 Å². The third-order valence-electron chi connectivity index (χ3n) is 4.41. The van der Waals surface area contributed by atoms with Crippen LogP contribution in [0.15, 0.2) is 72.8 Å². The molecular formula is C23H16Cl2N2OS. The number of halogens is 2. The van der Waals surface area contributed by atoms with Gasteiger partial charge in [-0.2, -0.15) is 0 Å². The molecule has 3 aromatic carbocycles. The summed E-state index contributed by atoms with van der Waals surface area (Å²) in [7, 11) is 0. The van der Waals surface area contributed by atoms with Gasteiger partial charge >= 0.3 is 0 Å². The summed E-state index contributed by atoms with van der Waals surface area (Å²) >= 11 is 13.7. The largest absolute Gasteiger partial charge is 0.322 e. The lowest BCUT2D eigenvalue weighted by molar-refractivity contribution is 0.102. The third-order valence-corrected chi connectivity index (χ3v) is 5.99. The van der Waals surface area contributed by atoms with E-state index in [1.807, 2.05) is 42.5 Å². The Morgan fingerprint density at radius 3 is 2.38 bits per heavy atom. The van der Waals surface area contributed by atoms with E-state index in [-0.39, 0.29) is 5.91 Å². The van der Waals surface area contributed by atoms with E-state index in [1.54, 1.807) is 29.5 Å². The Labute approximate surface area is 183 Å². The number of benzene rings is 3. The fourth-order valence-corrected chi connectivity index (χ4v) is 4.27. The van der Waals surface area contributed by atoms with E-state index >= 15 is 0 Å². The summed E-state index contributed by atoms with van der Waals surface area (Å²) in [6, 6.07) is 22.5. The van der Waals surface area contributed by atoms with Gasteiger partial charge in [0.25, 0.3) is 5.91 Å². The third kappa shape index (κ3) is 4.35. The van der Waals surface area contributed by atoms with Gasteiger partial charge in [-0.1, -0.05) is 65.7 Å². The van der Waals surface area contributed by atoms with E-state index < -0.39 is 0 Å². The first-order valence-electron chi connectivity index (χ1n) is 8.91. The van der Waals surface area contributed by atoms with Crippen LogP contribution in [0.25, 0.3) is 21.8 Å². The molecule has 29 heavy (non-hydrogen) atoms. The van der Waals surface area contributed by atoms with Crippen LogP contribution in [-0.2, 0) is 0 Å². The number of aryl methyl sites for hydroxylation is 1. The topological polar surface area (TPSA) is 42.0 Å². The van der Waals surface area contributed by atoms with Crippen LogP contribution in [-0.4, -0.2) is 10.9 Å². The highest BCUT2D eigenvalue weighted by atomic mass is 35.5. The Balaban J connectivity index is 1.55. The normalized spacial score (nSPS) is 10.7. The van der Waals surface area contributed by atoms with Gasteiger partial charge in [0, 0.05) is 26.7 Å². The minimum Gasteiger partial charge on any atom is -0.322 e. The van der Waals surface area contributed by atoms with Crippen molar-refractivity contribution in [2.75, 3.05) is 5.32 Å². The molecule has 3 nitrogen and oxygen atoms in total. The van der Waals surface area contributed by atoms with Crippen LogP contribution in [0.1, 0.15) is 15.2 Å². The fraction of sp³-hybridized carbons (Fsp3) is 0.0435. The maximum absolute atomic E-state index is 12.5. The van der Waals surface area contributed by atoms with E-state index in [0.29, 0.717) is 21.3 Å². The van der Waals surface area contributed by atoms with Crippen molar-refractivity contribution in [1.82, 2.24) is 4.98 Å². The number of anilines is 1. The molecule has 0 radical (unpaired) electrons. The highest BCUT2D eigenvalue weighted by Crippen LogP contribution is 2.33. The van der Waals surface area contributed by atoms with Gasteiger partial charge in [0.05, 0.1) is 16.3 Å². The standard InChI is InChI=1S/C23H16Cl2N2OS/c1-14-21(27-23(29-14)16-5-3-2-4-6-16)15-7-10-18(11-8-15)26-22(28)19-13-17(24)9-12-20(19)25/h2-13H,1H3,(H,26,28). The Morgan fingerprint density at radius 1 is 0.931 bits per heavy atom. The van der Waals surface area contributed by atoms with E-state index in [2.05, 4.69) is 24.4 Å². The minimum atomic E-state index is -0.304. The van der Waals surface area contributed by atoms with Gasteiger partial charge in [0.1, 0.15) is 5.01 Å². The summed E-state index contributed by atoms with van der Waals surface area (Å²) in [5.41, 5.74) is 4.07. The molecule has 1 N–H and O–H groups in total. The molecule has 0 bridgehead atoms. The van der Waals surface area contributed by atoms with Crippen molar-refractivity contribution in [3.05, 3.63) is 93.3 Å². The number of hydrogen-bond donors (Lipinski definition) is 1. The monoisotopic (exact) mass is 438 g/mol. The molecule has 0 aliphatic rings. The van der Waals surface area contributed by atoms with Gasteiger partial charge in [-0.05, 0) is 37.3 Å². The molecule has 1 heterocycles. The van der Waals surface area contributed by atoms with Crippen molar-refractivity contribution in [1.29, 1.82) is 0 Å². The lowest BCUT2D eigenvalue weighted by Gasteiger charge is -2.08. The molecular weight excluding hydrogens is 423 g/mol. The van der Waals surface area contributed by atoms with Gasteiger partial charge in [-0.15, -0.1) is 11.3 Å². The number of amides is 1. The Kier molecular flexibility index (Phi) is 5.67. The molecule has 1 aromatic heterocycles. The minimum absolute atomic E-state index is 0.304. The van der Waals surface area contributed by atoms with Crippen molar-refractivity contribution in [2.24, 2.45) is 0 Å². The maximum Gasteiger partial charge on any atom is 0.257 e. The number of thiazole rings is 1. The second-order valence-electron chi connectivity index (χ2n) is 6.45. The number of carbonyl (C=O) groups is 1. The summed E-state index contributed by atoms with van der Waals surface area (Å²) < 4.78 is 0. The molecule has 0 saturated carbocycles. The molecule has 6 heteroatoms. The van der Waals surface area contributed by atoms with Crippen molar-refractivity contribution >= 4 is 46.1 Å². The predicted octanol–water partition coefficient (Wildman–Crippen LogP) is 7.34. The Morgan fingerprint density at radius 2 is 1.66 bits per heavy atom.